The van der Waals surface area contributed by atoms with Gasteiger partial charge in [-0.1, -0.05) is 101 Å². The minimum Gasteiger partial charge on any atom is -0.507 e. The van der Waals surface area contributed by atoms with E-state index in [-0.39, 0.29) is 16.9 Å². The number of fused-ring (bicyclic) bond motifs is 1. The summed E-state index contributed by atoms with van der Waals surface area (Å²) >= 11 is 1.65. The van der Waals surface area contributed by atoms with Crippen LogP contribution in [0.4, 0.5) is 5.13 Å². The summed E-state index contributed by atoms with van der Waals surface area (Å²) in [7, 11) is 0. The first-order chi connectivity index (χ1) is 15.5. The summed E-state index contributed by atoms with van der Waals surface area (Å²) in [6, 6.07) is 22.9. The fourth-order valence-electron chi connectivity index (χ4n) is 4.10. The van der Waals surface area contributed by atoms with Gasteiger partial charge in [-0.15, -0.1) is 0 Å². The normalized spacial score (nSPS) is 13.3. The topological polar surface area (TPSA) is 45.2 Å². The molecule has 3 aromatic carbocycles. The van der Waals surface area contributed by atoms with E-state index in [0.29, 0.717) is 5.75 Å². The van der Waals surface area contributed by atoms with Crippen molar-refractivity contribution < 1.29 is 5.11 Å². The van der Waals surface area contributed by atoms with E-state index >= 15 is 0 Å². The zero-order valence-corrected chi connectivity index (χ0v) is 21.3. The molecule has 0 saturated carbocycles. The lowest BCUT2D eigenvalue weighted by molar-refractivity contribution is 0.434. The van der Waals surface area contributed by atoms with E-state index in [4.69, 9.17) is 4.98 Å². The molecule has 1 heterocycles. The molecule has 0 spiro atoms. The largest absolute Gasteiger partial charge is 0.507 e. The molecule has 0 bridgehead atoms. The summed E-state index contributed by atoms with van der Waals surface area (Å²) in [6.07, 6.45) is 0.751. The van der Waals surface area contributed by atoms with Crippen molar-refractivity contribution in [1.82, 2.24) is 4.98 Å². The van der Waals surface area contributed by atoms with Crippen molar-refractivity contribution in [1.29, 1.82) is 0 Å². The Bertz CT molecular complexity index is 1210. The van der Waals surface area contributed by atoms with Gasteiger partial charge in [-0.2, -0.15) is 0 Å². The Morgan fingerprint density at radius 1 is 0.879 bits per heavy atom. The van der Waals surface area contributed by atoms with Crippen LogP contribution in [0, 0.1) is 0 Å². The number of hydrogen-bond acceptors (Lipinski definition) is 4. The Morgan fingerprint density at radius 2 is 1.55 bits per heavy atom. The van der Waals surface area contributed by atoms with Crippen LogP contribution in [0.5, 0.6) is 5.75 Å². The molecule has 2 N–H and O–H groups in total. The first-order valence-corrected chi connectivity index (χ1v) is 12.4. The molecule has 0 fully saturated rings. The summed E-state index contributed by atoms with van der Waals surface area (Å²) in [5.74, 6) is 0.380. The van der Waals surface area contributed by atoms with Crippen molar-refractivity contribution in [3.63, 3.8) is 0 Å². The van der Waals surface area contributed by atoms with Crippen LogP contribution in [0.1, 0.15) is 69.8 Å². The molecule has 172 valence electrons. The maximum absolute atomic E-state index is 11.5. The van der Waals surface area contributed by atoms with Crippen LogP contribution in [0.2, 0.25) is 0 Å². The van der Waals surface area contributed by atoms with Crippen molar-refractivity contribution >= 4 is 26.7 Å². The second-order valence-electron chi connectivity index (χ2n) is 10.8. The number of hydrogen-bond donors (Lipinski definition) is 2. The third-order valence-corrected chi connectivity index (χ3v) is 7.03. The summed E-state index contributed by atoms with van der Waals surface area (Å²) in [6.45, 7) is 13.1. The zero-order chi connectivity index (χ0) is 23.8. The van der Waals surface area contributed by atoms with Crippen LogP contribution in [-0.2, 0) is 17.3 Å². The van der Waals surface area contributed by atoms with Gasteiger partial charge in [0.15, 0.2) is 5.13 Å². The Labute approximate surface area is 201 Å². The Balaban J connectivity index is 1.85. The van der Waals surface area contributed by atoms with E-state index in [1.54, 1.807) is 11.3 Å². The van der Waals surface area contributed by atoms with Crippen LogP contribution in [0.15, 0.2) is 66.7 Å². The molecule has 0 aliphatic heterocycles. The molecule has 4 heteroatoms. The van der Waals surface area contributed by atoms with Crippen LogP contribution in [-0.4, -0.2) is 10.1 Å². The van der Waals surface area contributed by atoms with Gasteiger partial charge in [-0.3, -0.25) is 0 Å². The molecule has 4 aromatic rings. The highest BCUT2D eigenvalue weighted by Crippen LogP contribution is 2.42. The molecule has 1 atom stereocenters. The van der Waals surface area contributed by atoms with Gasteiger partial charge in [0.25, 0.3) is 0 Å². The van der Waals surface area contributed by atoms with Crippen LogP contribution >= 0.6 is 11.3 Å². The lowest BCUT2D eigenvalue weighted by Crippen LogP contribution is -2.21. The maximum atomic E-state index is 11.5. The van der Waals surface area contributed by atoms with Crippen LogP contribution in [0.25, 0.3) is 10.2 Å². The number of nitrogens with one attached hydrogen (secondary N) is 1. The van der Waals surface area contributed by atoms with E-state index in [1.165, 1.54) is 11.1 Å². The van der Waals surface area contributed by atoms with E-state index in [9.17, 15) is 5.11 Å². The number of para-hydroxylation sites is 1. The number of phenolic OH excluding ortho intramolecular Hbond substituents is 1. The zero-order valence-electron chi connectivity index (χ0n) is 20.4. The fraction of sp³-hybridized carbons (Fsp3) is 0.345. The van der Waals surface area contributed by atoms with Gasteiger partial charge in [0, 0.05) is 5.56 Å². The average molecular weight is 459 g/mol. The van der Waals surface area contributed by atoms with Gasteiger partial charge in [-0.25, -0.2) is 4.98 Å². The molecule has 0 radical (unpaired) electrons. The lowest BCUT2D eigenvalue weighted by atomic mass is 9.77. The molecule has 0 saturated heterocycles. The minimum absolute atomic E-state index is 0.0321. The van der Waals surface area contributed by atoms with E-state index in [2.05, 4.69) is 89.3 Å². The predicted molar refractivity (Wildman–Crippen MR) is 142 cm³/mol. The highest BCUT2D eigenvalue weighted by atomic mass is 32.1. The highest BCUT2D eigenvalue weighted by Gasteiger charge is 2.28. The number of rotatable bonds is 5. The standard InChI is InChI=1S/C29H34N2OS/c1-28(2,3)20-17-21(26(32)22(18-20)29(4,5)6)24(16-19-12-8-7-9-13-19)31-27-30-23-14-10-11-15-25(23)33-27/h7-15,17-18,24,32H,16H2,1-6H3,(H,30,31). The molecular formula is C29H34N2OS. The Hall–Kier alpha value is -2.85. The molecule has 1 unspecified atom stereocenters. The smallest absolute Gasteiger partial charge is 0.184 e. The van der Waals surface area contributed by atoms with Gasteiger partial charge in [-0.05, 0) is 52.1 Å². The quantitative estimate of drug-likeness (QED) is 0.318. The van der Waals surface area contributed by atoms with E-state index < -0.39 is 0 Å². The predicted octanol–water partition coefficient (Wildman–Crippen LogP) is 7.99. The van der Waals surface area contributed by atoms with Crippen molar-refractivity contribution in [2.45, 2.75) is 64.8 Å². The van der Waals surface area contributed by atoms with E-state index in [0.717, 1.165) is 32.9 Å². The first-order valence-electron chi connectivity index (χ1n) is 11.6. The number of benzene rings is 3. The number of aromatic hydroxyl groups is 1. The number of thiazole rings is 1. The number of aromatic nitrogens is 1. The molecular weight excluding hydrogens is 424 g/mol. The second kappa shape index (κ2) is 8.83. The molecule has 3 nitrogen and oxygen atoms in total. The molecule has 1 aromatic heterocycles. The first kappa shape index (κ1) is 23.3. The maximum Gasteiger partial charge on any atom is 0.184 e. The molecule has 4 rings (SSSR count). The minimum atomic E-state index is -0.173. The monoisotopic (exact) mass is 458 g/mol. The van der Waals surface area contributed by atoms with Crippen LogP contribution < -0.4 is 5.32 Å². The van der Waals surface area contributed by atoms with Gasteiger partial charge < -0.3 is 10.4 Å². The highest BCUT2D eigenvalue weighted by molar-refractivity contribution is 7.22. The Kier molecular flexibility index (Phi) is 6.24. The summed E-state index contributed by atoms with van der Waals surface area (Å²) in [4.78, 5) is 4.82. The number of nitrogens with zero attached hydrogens (tertiary/aromatic N) is 1. The van der Waals surface area contributed by atoms with Crippen molar-refractivity contribution in [2.24, 2.45) is 0 Å². The average Bonchev–Trinajstić information content (AvgIpc) is 3.15. The van der Waals surface area contributed by atoms with Crippen molar-refractivity contribution in [3.05, 3.63) is 89.0 Å². The third-order valence-electron chi connectivity index (χ3n) is 6.06. The van der Waals surface area contributed by atoms with Crippen molar-refractivity contribution in [2.75, 3.05) is 5.32 Å². The molecule has 0 aliphatic carbocycles. The van der Waals surface area contributed by atoms with Gasteiger partial charge in [0.2, 0.25) is 0 Å². The van der Waals surface area contributed by atoms with Crippen LogP contribution in [0.3, 0.4) is 0 Å². The lowest BCUT2D eigenvalue weighted by Gasteiger charge is -2.30. The summed E-state index contributed by atoms with van der Waals surface area (Å²) < 4.78 is 1.15. The van der Waals surface area contributed by atoms with E-state index in [1.807, 2.05) is 24.3 Å². The number of phenols is 1. The SMILES string of the molecule is CC(C)(C)c1cc(C(Cc2ccccc2)Nc2nc3ccccc3s2)c(O)c(C(C)(C)C)c1. The summed E-state index contributed by atoms with van der Waals surface area (Å²) in [5, 5.41) is 16.1. The van der Waals surface area contributed by atoms with Gasteiger partial charge in [0.1, 0.15) is 5.75 Å². The van der Waals surface area contributed by atoms with Gasteiger partial charge in [0.05, 0.1) is 16.3 Å². The number of anilines is 1. The van der Waals surface area contributed by atoms with Gasteiger partial charge >= 0.3 is 0 Å². The second-order valence-corrected chi connectivity index (χ2v) is 11.9. The molecule has 33 heavy (non-hydrogen) atoms. The third kappa shape index (κ3) is 5.22. The molecule has 0 amide bonds. The molecule has 0 aliphatic rings. The summed E-state index contributed by atoms with van der Waals surface area (Å²) in [5.41, 5.74) is 5.14. The van der Waals surface area contributed by atoms with Crippen molar-refractivity contribution in [3.8, 4) is 5.75 Å². The fourth-order valence-corrected chi connectivity index (χ4v) is 5.02. The Morgan fingerprint density at radius 3 is 2.18 bits per heavy atom.